The second kappa shape index (κ2) is 8.19. The van der Waals surface area contributed by atoms with Gasteiger partial charge in [-0.3, -0.25) is 0 Å². The third-order valence-corrected chi connectivity index (χ3v) is 4.92. The Labute approximate surface area is 156 Å². The molecule has 25 heavy (non-hydrogen) atoms. The van der Waals surface area contributed by atoms with Gasteiger partial charge in [0.15, 0.2) is 0 Å². The first-order valence-electron chi connectivity index (χ1n) is 8.04. The van der Waals surface area contributed by atoms with E-state index in [1.165, 1.54) is 5.56 Å². The summed E-state index contributed by atoms with van der Waals surface area (Å²) in [6.07, 6.45) is 2.37. The lowest BCUT2D eigenvalue weighted by Gasteiger charge is -2.06. The van der Waals surface area contributed by atoms with Crippen LogP contribution in [0.25, 0.3) is 16.8 Å². The van der Waals surface area contributed by atoms with Gasteiger partial charge in [0.2, 0.25) is 0 Å². The maximum Gasteiger partial charge on any atom is 0.121 e. The summed E-state index contributed by atoms with van der Waals surface area (Å²) in [5.41, 5.74) is 10.0. The highest BCUT2D eigenvalue weighted by Gasteiger charge is 2.10. The lowest BCUT2D eigenvalue weighted by molar-refractivity contribution is 0.340. The number of halogens is 1. The van der Waals surface area contributed by atoms with Crippen molar-refractivity contribution >= 4 is 28.5 Å². The number of nitrogens with zero attached hydrogens (tertiary/aromatic N) is 1. The molecule has 128 valence electrons. The average molecular weight is 371 g/mol. The van der Waals surface area contributed by atoms with E-state index in [1.807, 2.05) is 48.7 Å². The molecule has 1 aromatic heterocycles. The van der Waals surface area contributed by atoms with E-state index in [-0.39, 0.29) is 0 Å². The van der Waals surface area contributed by atoms with Crippen LogP contribution in [0.15, 0.2) is 60.1 Å². The van der Waals surface area contributed by atoms with Gasteiger partial charge in [0, 0.05) is 34.2 Å². The number of hydrogen-bond donors (Lipinski definition) is 1. The number of hydrogen-bond acceptors (Lipinski definition) is 4. The summed E-state index contributed by atoms with van der Waals surface area (Å²) >= 11 is 7.54. The number of benzene rings is 2. The summed E-state index contributed by atoms with van der Waals surface area (Å²) < 4.78 is 5.48. The number of ether oxygens (including phenoxy) is 1. The third-order valence-electron chi connectivity index (χ3n) is 3.75. The van der Waals surface area contributed by atoms with Crippen LogP contribution in [-0.2, 0) is 6.42 Å². The van der Waals surface area contributed by atoms with E-state index in [2.05, 4.69) is 12.1 Å². The summed E-state index contributed by atoms with van der Waals surface area (Å²) in [5, 5.41) is 3.69. The van der Waals surface area contributed by atoms with E-state index in [0.717, 1.165) is 39.0 Å². The van der Waals surface area contributed by atoms with Gasteiger partial charge in [-0.15, -0.1) is 11.3 Å². The number of thiazole rings is 1. The zero-order valence-corrected chi connectivity index (χ0v) is 15.5. The Balaban J connectivity index is 1.76. The van der Waals surface area contributed by atoms with Crippen molar-refractivity contribution in [3.8, 4) is 17.0 Å². The molecule has 0 aliphatic heterocycles. The van der Waals surface area contributed by atoms with Gasteiger partial charge in [0.05, 0.1) is 12.3 Å². The van der Waals surface area contributed by atoms with Crippen LogP contribution in [0.3, 0.4) is 0 Å². The highest BCUT2D eigenvalue weighted by atomic mass is 35.5. The normalized spacial score (nSPS) is 11.5. The predicted octanol–water partition coefficient (Wildman–Crippen LogP) is 5.40. The average Bonchev–Trinajstić information content (AvgIpc) is 3.12. The van der Waals surface area contributed by atoms with Crippen molar-refractivity contribution in [3.63, 3.8) is 0 Å². The fourth-order valence-corrected chi connectivity index (χ4v) is 3.45. The summed E-state index contributed by atoms with van der Waals surface area (Å²) in [5.74, 6) is 0.879. The van der Waals surface area contributed by atoms with E-state index >= 15 is 0 Å². The minimum absolute atomic E-state index is 0.667. The molecule has 2 N–H and O–H groups in total. The predicted molar refractivity (Wildman–Crippen MR) is 106 cm³/mol. The molecule has 0 aliphatic carbocycles. The molecular weight excluding hydrogens is 352 g/mol. The summed E-state index contributed by atoms with van der Waals surface area (Å²) in [7, 11) is 0. The van der Waals surface area contributed by atoms with Gasteiger partial charge in [-0.25, -0.2) is 4.98 Å². The molecule has 0 saturated carbocycles. The Bertz CT molecular complexity index is 854. The standard InChI is InChI=1S/C20H19ClN2OS/c1-2-24-18-9-3-14(4-10-18)11-16(12-22)20-23-19(13-25-20)15-5-7-17(21)8-6-15/h3-10,12-13H,2,11,22H2,1H3. The van der Waals surface area contributed by atoms with Gasteiger partial charge in [-0.2, -0.15) is 0 Å². The second-order valence-electron chi connectivity index (χ2n) is 5.49. The van der Waals surface area contributed by atoms with Crippen LogP contribution in [-0.4, -0.2) is 11.6 Å². The molecule has 0 spiro atoms. The van der Waals surface area contributed by atoms with Crippen LogP contribution in [0.1, 0.15) is 17.5 Å². The largest absolute Gasteiger partial charge is 0.494 e. The van der Waals surface area contributed by atoms with Crippen molar-refractivity contribution in [2.45, 2.75) is 13.3 Å². The SMILES string of the molecule is CCOc1ccc(CC(=CN)c2nc(-c3ccc(Cl)cc3)cs2)cc1. The topological polar surface area (TPSA) is 48.1 Å². The molecule has 0 unspecified atom stereocenters. The van der Waals surface area contributed by atoms with Crippen LogP contribution in [0.4, 0.5) is 0 Å². The minimum atomic E-state index is 0.667. The van der Waals surface area contributed by atoms with E-state index in [1.54, 1.807) is 17.5 Å². The number of nitrogens with two attached hydrogens (primary N) is 1. The first-order valence-corrected chi connectivity index (χ1v) is 9.29. The molecule has 1 heterocycles. The first-order chi connectivity index (χ1) is 12.2. The van der Waals surface area contributed by atoms with E-state index < -0.39 is 0 Å². The van der Waals surface area contributed by atoms with Crippen molar-refractivity contribution in [1.29, 1.82) is 0 Å². The van der Waals surface area contributed by atoms with Gasteiger partial charge in [-0.05, 0) is 36.8 Å². The molecule has 5 heteroatoms. The van der Waals surface area contributed by atoms with E-state index in [4.69, 9.17) is 27.1 Å². The molecule has 3 aromatic rings. The van der Waals surface area contributed by atoms with Crippen molar-refractivity contribution in [3.05, 3.63) is 75.7 Å². The fraction of sp³-hybridized carbons (Fsp3) is 0.150. The maximum absolute atomic E-state index is 5.95. The quantitative estimate of drug-likeness (QED) is 0.631. The lowest BCUT2D eigenvalue weighted by atomic mass is 10.1. The molecule has 0 atom stereocenters. The zero-order valence-electron chi connectivity index (χ0n) is 13.9. The Morgan fingerprint density at radius 3 is 2.52 bits per heavy atom. The number of allylic oxidation sites excluding steroid dienone is 1. The third kappa shape index (κ3) is 4.41. The Morgan fingerprint density at radius 1 is 1.16 bits per heavy atom. The molecule has 0 fully saturated rings. The lowest BCUT2D eigenvalue weighted by Crippen LogP contribution is -1.96. The van der Waals surface area contributed by atoms with Crippen molar-refractivity contribution in [2.75, 3.05) is 6.61 Å². The molecule has 0 amide bonds. The second-order valence-corrected chi connectivity index (χ2v) is 6.78. The van der Waals surface area contributed by atoms with Gasteiger partial charge >= 0.3 is 0 Å². The fourth-order valence-electron chi connectivity index (χ4n) is 2.47. The Kier molecular flexibility index (Phi) is 5.74. The van der Waals surface area contributed by atoms with Gasteiger partial charge in [0.25, 0.3) is 0 Å². The number of rotatable bonds is 6. The van der Waals surface area contributed by atoms with Crippen LogP contribution in [0, 0.1) is 0 Å². The van der Waals surface area contributed by atoms with Gasteiger partial charge in [0.1, 0.15) is 10.8 Å². The summed E-state index contributed by atoms with van der Waals surface area (Å²) in [6, 6.07) is 15.8. The van der Waals surface area contributed by atoms with Crippen molar-refractivity contribution in [1.82, 2.24) is 4.98 Å². The Morgan fingerprint density at radius 2 is 1.88 bits per heavy atom. The monoisotopic (exact) mass is 370 g/mol. The summed E-state index contributed by atoms with van der Waals surface area (Å²) in [6.45, 7) is 2.64. The minimum Gasteiger partial charge on any atom is -0.494 e. The molecule has 0 bridgehead atoms. The van der Waals surface area contributed by atoms with Crippen LogP contribution in [0.2, 0.25) is 5.02 Å². The molecule has 0 saturated heterocycles. The van der Waals surface area contributed by atoms with Crippen LogP contribution >= 0.6 is 22.9 Å². The highest BCUT2D eigenvalue weighted by Crippen LogP contribution is 2.28. The molecule has 2 aromatic carbocycles. The molecular formula is C20H19ClN2OS. The smallest absolute Gasteiger partial charge is 0.121 e. The molecule has 3 nitrogen and oxygen atoms in total. The highest BCUT2D eigenvalue weighted by molar-refractivity contribution is 7.11. The van der Waals surface area contributed by atoms with Gasteiger partial charge in [-0.1, -0.05) is 35.9 Å². The first kappa shape index (κ1) is 17.5. The van der Waals surface area contributed by atoms with E-state index in [9.17, 15) is 0 Å². The van der Waals surface area contributed by atoms with Crippen molar-refractivity contribution < 1.29 is 4.74 Å². The Hall–Kier alpha value is -2.30. The number of aromatic nitrogens is 1. The molecule has 0 aliphatic rings. The molecule has 0 radical (unpaired) electrons. The van der Waals surface area contributed by atoms with Crippen LogP contribution < -0.4 is 10.5 Å². The molecule has 3 rings (SSSR count). The zero-order chi connectivity index (χ0) is 17.6. The van der Waals surface area contributed by atoms with E-state index in [0.29, 0.717) is 6.61 Å². The maximum atomic E-state index is 5.95. The van der Waals surface area contributed by atoms with Crippen molar-refractivity contribution in [2.24, 2.45) is 5.73 Å². The van der Waals surface area contributed by atoms with Crippen LogP contribution in [0.5, 0.6) is 5.75 Å². The summed E-state index contributed by atoms with van der Waals surface area (Å²) in [4.78, 5) is 4.73. The van der Waals surface area contributed by atoms with Gasteiger partial charge < -0.3 is 10.5 Å².